The van der Waals surface area contributed by atoms with Crippen LogP contribution >= 0.6 is 0 Å². The van der Waals surface area contributed by atoms with Crippen molar-refractivity contribution in [2.75, 3.05) is 19.7 Å². The number of phenols is 1. The van der Waals surface area contributed by atoms with Crippen LogP contribution in [0, 0.1) is 0 Å². The van der Waals surface area contributed by atoms with Crippen LogP contribution in [0.5, 0.6) is 17.2 Å². The van der Waals surface area contributed by atoms with Gasteiger partial charge < -0.3 is 24.7 Å². The minimum Gasteiger partial charge on any atom is -0.504 e. The molecule has 0 radical (unpaired) electrons. The Kier molecular flexibility index (Phi) is 5.85. The van der Waals surface area contributed by atoms with Crippen LogP contribution in [0.15, 0.2) is 41.2 Å². The maximum atomic E-state index is 12.6. The number of likely N-dealkylation sites (tertiary alicyclic amines) is 1. The van der Waals surface area contributed by atoms with Crippen molar-refractivity contribution in [1.82, 2.24) is 14.5 Å². The van der Waals surface area contributed by atoms with Crippen molar-refractivity contribution in [2.24, 2.45) is 0 Å². The van der Waals surface area contributed by atoms with Crippen LogP contribution in [0.2, 0.25) is 0 Å². The van der Waals surface area contributed by atoms with E-state index in [4.69, 9.17) is 9.84 Å². The lowest BCUT2D eigenvalue weighted by Gasteiger charge is -2.32. The van der Waals surface area contributed by atoms with Gasteiger partial charge in [0, 0.05) is 31.7 Å². The molecule has 2 heterocycles. The van der Waals surface area contributed by atoms with Gasteiger partial charge in [0.05, 0.1) is 17.6 Å². The summed E-state index contributed by atoms with van der Waals surface area (Å²) in [6, 6.07) is 10.3. The molecular formula is C22H25N3O6. The van der Waals surface area contributed by atoms with Gasteiger partial charge in [-0.1, -0.05) is 6.07 Å². The maximum Gasteiger partial charge on any atom is 0.511 e. The average molecular weight is 427 g/mol. The number of nitrogens with zero attached hydrogens (tertiary/aromatic N) is 2. The fourth-order valence-electron chi connectivity index (χ4n) is 4.16. The number of rotatable bonds is 6. The fourth-order valence-corrected chi connectivity index (χ4v) is 4.16. The zero-order valence-electron chi connectivity index (χ0n) is 17.2. The van der Waals surface area contributed by atoms with Gasteiger partial charge in [-0.2, -0.15) is 0 Å². The Labute approximate surface area is 178 Å². The number of imidazole rings is 1. The lowest BCUT2D eigenvalue weighted by atomic mass is 10.0. The number of fused-ring (bicyclic) bond motifs is 1. The van der Waals surface area contributed by atoms with E-state index in [9.17, 15) is 14.7 Å². The number of aromatic hydroxyl groups is 1. The first-order chi connectivity index (χ1) is 14.9. The highest BCUT2D eigenvalue weighted by molar-refractivity contribution is 5.78. The summed E-state index contributed by atoms with van der Waals surface area (Å²) < 4.78 is 11.9. The second-order valence-corrected chi connectivity index (χ2v) is 7.59. The van der Waals surface area contributed by atoms with Crippen LogP contribution in [0.1, 0.15) is 31.4 Å². The molecule has 31 heavy (non-hydrogen) atoms. The molecule has 1 aromatic heterocycles. The van der Waals surface area contributed by atoms with Gasteiger partial charge in [-0.15, -0.1) is 0 Å². The van der Waals surface area contributed by atoms with Crippen molar-refractivity contribution in [3.8, 4) is 17.2 Å². The number of piperidine rings is 1. The smallest absolute Gasteiger partial charge is 0.504 e. The molecule has 3 N–H and O–H groups in total. The van der Waals surface area contributed by atoms with E-state index in [1.54, 1.807) is 22.8 Å². The van der Waals surface area contributed by atoms with Crippen molar-refractivity contribution < 1.29 is 24.5 Å². The Bertz CT molecular complexity index is 1140. The molecule has 3 aromatic rings. The maximum absolute atomic E-state index is 12.6. The van der Waals surface area contributed by atoms with E-state index in [2.05, 4.69) is 14.6 Å². The Morgan fingerprint density at radius 2 is 1.97 bits per heavy atom. The van der Waals surface area contributed by atoms with Crippen LogP contribution in [0.3, 0.4) is 0 Å². The van der Waals surface area contributed by atoms with Crippen LogP contribution in [0.25, 0.3) is 11.0 Å². The minimum absolute atomic E-state index is 0.0579. The molecular weight excluding hydrogens is 402 g/mol. The van der Waals surface area contributed by atoms with Crippen molar-refractivity contribution in [3.05, 3.63) is 52.4 Å². The number of phenolic OH excluding ortho intramolecular Hbond substituents is 1. The summed E-state index contributed by atoms with van der Waals surface area (Å²) in [5.74, 6) is 0.801. The van der Waals surface area contributed by atoms with Gasteiger partial charge in [0.2, 0.25) is 0 Å². The molecule has 1 aliphatic heterocycles. The second kappa shape index (κ2) is 8.73. The van der Waals surface area contributed by atoms with Crippen molar-refractivity contribution in [1.29, 1.82) is 0 Å². The third kappa shape index (κ3) is 4.51. The summed E-state index contributed by atoms with van der Waals surface area (Å²) in [5.41, 5.74) is 2.15. The number of ether oxygens (including phenoxy) is 2. The van der Waals surface area contributed by atoms with Gasteiger partial charge in [-0.3, -0.25) is 9.47 Å². The molecule has 2 aromatic carbocycles. The van der Waals surface area contributed by atoms with Crippen LogP contribution in [0.4, 0.5) is 4.79 Å². The first kappa shape index (κ1) is 20.8. The Morgan fingerprint density at radius 1 is 1.19 bits per heavy atom. The van der Waals surface area contributed by atoms with Gasteiger partial charge in [0.25, 0.3) is 0 Å². The van der Waals surface area contributed by atoms with E-state index >= 15 is 0 Å². The van der Waals surface area contributed by atoms with E-state index in [1.165, 1.54) is 6.07 Å². The number of hydrogen-bond donors (Lipinski definition) is 3. The Hall–Kier alpha value is -3.46. The summed E-state index contributed by atoms with van der Waals surface area (Å²) in [4.78, 5) is 28.4. The van der Waals surface area contributed by atoms with E-state index in [0.717, 1.165) is 43.6 Å². The third-order valence-corrected chi connectivity index (χ3v) is 5.55. The monoisotopic (exact) mass is 427 g/mol. The number of aromatic amines is 1. The molecule has 9 heteroatoms. The molecule has 164 valence electrons. The van der Waals surface area contributed by atoms with E-state index in [-0.39, 0.29) is 23.2 Å². The van der Waals surface area contributed by atoms with Crippen LogP contribution < -0.4 is 15.2 Å². The topological polar surface area (TPSA) is 117 Å². The molecule has 0 unspecified atom stereocenters. The first-order valence-corrected chi connectivity index (χ1v) is 10.3. The Balaban J connectivity index is 1.45. The quantitative estimate of drug-likeness (QED) is 0.408. The highest BCUT2D eigenvalue weighted by atomic mass is 16.7. The molecule has 1 aliphatic rings. The number of H-pyrrole nitrogens is 1. The summed E-state index contributed by atoms with van der Waals surface area (Å²) in [6.45, 7) is 4.77. The normalized spacial score (nSPS) is 15.3. The predicted molar refractivity (Wildman–Crippen MR) is 114 cm³/mol. The molecule has 0 spiro atoms. The van der Waals surface area contributed by atoms with Crippen LogP contribution in [-0.4, -0.2) is 50.5 Å². The lowest BCUT2D eigenvalue weighted by molar-refractivity contribution is 0.144. The summed E-state index contributed by atoms with van der Waals surface area (Å²) in [6.07, 6.45) is 0.239. The van der Waals surface area contributed by atoms with Gasteiger partial charge >= 0.3 is 11.8 Å². The van der Waals surface area contributed by atoms with Crippen molar-refractivity contribution >= 4 is 17.2 Å². The highest BCUT2D eigenvalue weighted by Crippen LogP contribution is 2.30. The number of carboxylic acid groups (broad SMARTS) is 1. The first-order valence-electron chi connectivity index (χ1n) is 10.3. The molecule has 0 bridgehead atoms. The lowest BCUT2D eigenvalue weighted by Crippen LogP contribution is -2.36. The van der Waals surface area contributed by atoms with E-state index < -0.39 is 6.16 Å². The van der Waals surface area contributed by atoms with Gasteiger partial charge in [-0.05, 0) is 49.6 Å². The minimum atomic E-state index is -1.39. The van der Waals surface area contributed by atoms with Gasteiger partial charge in [0.1, 0.15) is 5.75 Å². The summed E-state index contributed by atoms with van der Waals surface area (Å²) >= 11 is 0. The molecule has 0 atom stereocenters. The summed E-state index contributed by atoms with van der Waals surface area (Å²) in [7, 11) is 0. The zero-order valence-corrected chi connectivity index (χ0v) is 17.2. The number of nitrogens with one attached hydrogen (secondary N) is 1. The number of carbonyl (C=O) groups is 1. The number of hydrogen-bond acceptors (Lipinski definition) is 6. The van der Waals surface area contributed by atoms with Crippen molar-refractivity contribution in [3.63, 3.8) is 0 Å². The second-order valence-electron chi connectivity index (χ2n) is 7.59. The van der Waals surface area contributed by atoms with Crippen LogP contribution in [-0.2, 0) is 6.54 Å². The molecule has 0 saturated carbocycles. The highest BCUT2D eigenvalue weighted by Gasteiger charge is 2.24. The SMILES string of the molecule is CCOc1cc(CN2CCC(n3c(=O)[nH]c4cc(OC(=O)O)ccc43)CC2)ccc1O. The van der Waals surface area contributed by atoms with Crippen molar-refractivity contribution in [2.45, 2.75) is 32.4 Å². The largest absolute Gasteiger partial charge is 0.511 e. The summed E-state index contributed by atoms with van der Waals surface area (Å²) in [5, 5.41) is 18.6. The van der Waals surface area contributed by atoms with Gasteiger partial charge in [0.15, 0.2) is 11.5 Å². The molecule has 9 nitrogen and oxygen atoms in total. The molecule has 4 rings (SSSR count). The average Bonchev–Trinajstić information content (AvgIpc) is 3.06. The molecule has 0 aliphatic carbocycles. The molecule has 1 saturated heterocycles. The van der Waals surface area contributed by atoms with E-state index in [0.29, 0.717) is 17.9 Å². The fraction of sp³-hybridized carbons (Fsp3) is 0.364. The predicted octanol–water partition coefficient (Wildman–Crippen LogP) is 3.33. The molecule has 1 fully saturated rings. The number of benzene rings is 2. The molecule has 0 amide bonds. The zero-order chi connectivity index (χ0) is 22.0. The Morgan fingerprint density at radius 3 is 2.68 bits per heavy atom. The van der Waals surface area contributed by atoms with Gasteiger partial charge in [-0.25, -0.2) is 9.59 Å². The van der Waals surface area contributed by atoms with E-state index in [1.807, 2.05) is 19.1 Å². The third-order valence-electron chi connectivity index (χ3n) is 5.55. The number of aromatic nitrogens is 2. The standard InChI is InChI=1S/C22H25N3O6/c1-2-30-20-11-14(3-6-19(20)26)13-24-9-7-15(8-10-24)25-18-5-4-16(31-22(28)29)12-17(18)23-21(25)27/h3-6,11-12,15,26H,2,7-10,13H2,1H3,(H,23,27)(H,28,29).